The summed E-state index contributed by atoms with van der Waals surface area (Å²) in [5.41, 5.74) is 0. The van der Waals surface area contributed by atoms with Gasteiger partial charge in [-0.1, -0.05) is 13.3 Å². The summed E-state index contributed by atoms with van der Waals surface area (Å²) in [5.74, 6) is 0. The van der Waals surface area contributed by atoms with Crippen LogP contribution in [0.3, 0.4) is 0 Å². The molecule has 10 heavy (non-hydrogen) atoms. The number of hydrogen-bond donors (Lipinski definition) is 0. The molecule has 0 fully saturated rings. The summed E-state index contributed by atoms with van der Waals surface area (Å²) in [7, 11) is -0.834. The molecule has 0 aromatic heterocycles. The lowest BCUT2D eigenvalue weighted by molar-refractivity contribution is 0.888. The van der Waals surface area contributed by atoms with Gasteiger partial charge in [-0.25, -0.2) is 0 Å². The molecule has 0 amide bonds. The molecule has 0 heterocycles. The third-order valence-corrected chi connectivity index (χ3v) is 4.04. The van der Waals surface area contributed by atoms with Crippen molar-refractivity contribution < 1.29 is 0 Å². The van der Waals surface area contributed by atoms with Gasteiger partial charge in [-0.05, 0) is 39.9 Å². The van der Waals surface area contributed by atoms with E-state index in [4.69, 9.17) is 0 Å². The molecule has 0 saturated carbocycles. The van der Waals surface area contributed by atoms with E-state index in [1.807, 2.05) is 0 Å². The second kappa shape index (κ2) is 4.96. The van der Waals surface area contributed by atoms with Gasteiger partial charge in [-0.3, -0.25) is 0 Å². The highest BCUT2D eigenvalue weighted by Crippen LogP contribution is 2.41. The zero-order valence-electron chi connectivity index (χ0n) is 7.72. The minimum Gasteiger partial charge on any atom is -0.304 e. The van der Waals surface area contributed by atoms with Gasteiger partial charge in [0.05, 0.1) is 0 Å². The molecule has 0 bridgehead atoms. The van der Waals surface area contributed by atoms with Gasteiger partial charge in [0.2, 0.25) is 0 Å². The second-order valence-electron chi connectivity index (χ2n) is 3.16. The predicted octanol–water partition coefficient (Wildman–Crippen LogP) is 3.27. The van der Waals surface area contributed by atoms with Gasteiger partial charge in [0.1, 0.15) is 0 Å². The van der Waals surface area contributed by atoms with Crippen molar-refractivity contribution in [1.82, 2.24) is 0 Å². The Morgan fingerprint density at radius 1 is 1.20 bits per heavy atom. The van der Waals surface area contributed by atoms with Gasteiger partial charge in [-0.2, -0.15) is 0 Å². The van der Waals surface area contributed by atoms with Crippen molar-refractivity contribution in [2.75, 3.05) is 26.0 Å². The number of nitrogens with zero attached hydrogens (tertiary/aromatic N) is 1. The molecule has 2 heteroatoms. The van der Waals surface area contributed by atoms with Crippen LogP contribution in [0.4, 0.5) is 0 Å². The smallest absolute Gasteiger partial charge is 0.0345 e. The molecule has 0 atom stereocenters. The Morgan fingerprint density at radius 2 is 1.80 bits per heavy atom. The summed E-state index contributed by atoms with van der Waals surface area (Å²) in [6.07, 6.45) is 4.00. The lowest BCUT2D eigenvalue weighted by Crippen LogP contribution is -1.86. The maximum Gasteiger partial charge on any atom is 0.0345 e. The molecular formula is C8H20NP. The number of unbranched alkanes of at least 4 members (excludes halogenated alkanes) is 1. The van der Waals surface area contributed by atoms with Crippen LogP contribution >= 0.6 is 7.05 Å². The van der Waals surface area contributed by atoms with Gasteiger partial charge in [0.15, 0.2) is 0 Å². The Labute approximate surface area is 65.3 Å². The fourth-order valence-corrected chi connectivity index (χ4v) is 3.00. The molecule has 0 spiro atoms. The van der Waals surface area contributed by atoms with Crippen molar-refractivity contribution in [2.45, 2.75) is 26.7 Å². The highest BCUT2D eigenvalue weighted by molar-refractivity contribution is 7.64. The first-order valence-electron chi connectivity index (χ1n) is 4.14. The van der Waals surface area contributed by atoms with Crippen molar-refractivity contribution in [1.29, 1.82) is 0 Å². The van der Waals surface area contributed by atoms with Crippen LogP contribution in [-0.4, -0.2) is 26.0 Å². The maximum atomic E-state index is 4.61. The van der Waals surface area contributed by atoms with E-state index in [2.05, 4.69) is 31.9 Å². The van der Waals surface area contributed by atoms with Gasteiger partial charge >= 0.3 is 0 Å². The first kappa shape index (κ1) is 10.2. The fraction of sp³-hybridized carbons (Fsp3) is 1.00. The van der Waals surface area contributed by atoms with Crippen molar-refractivity contribution in [3.63, 3.8) is 0 Å². The van der Waals surface area contributed by atoms with E-state index in [9.17, 15) is 0 Å². The zero-order chi connectivity index (χ0) is 8.04. The quantitative estimate of drug-likeness (QED) is 0.561. The molecule has 62 valence electrons. The standard InChI is InChI=1S/C8H20NP/c1-5-7-8-10(3,4)9-6-2/h5-8H2,1-4H3. The summed E-state index contributed by atoms with van der Waals surface area (Å²) < 4.78 is 4.61. The normalized spacial score (nSPS) is 11.6. The summed E-state index contributed by atoms with van der Waals surface area (Å²) in [6.45, 7) is 10.0. The Balaban J connectivity index is 3.74. The second-order valence-corrected chi connectivity index (χ2v) is 7.13. The van der Waals surface area contributed by atoms with E-state index in [1.165, 1.54) is 19.0 Å². The van der Waals surface area contributed by atoms with Crippen LogP contribution in [0.15, 0.2) is 4.74 Å². The van der Waals surface area contributed by atoms with Gasteiger partial charge in [-0.15, -0.1) is 0 Å². The molecule has 0 aliphatic rings. The molecule has 0 rings (SSSR count). The molecule has 0 aromatic carbocycles. The molecule has 0 unspecified atom stereocenters. The molecule has 0 aromatic rings. The van der Waals surface area contributed by atoms with E-state index in [1.54, 1.807) is 0 Å². The summed E-state index contributed by atoms with van der Waals surface area (Å²) in [4.78, 5) is 0. The minimum atomic E-state index is -0.834. The Kier molecular flexibility index (Phi) is 5.07. The van der Waals surface area contributed by atoms with E-state index in [0.29, 0.717) is 0 Å². The maximum absolute atomic E-state index is 4.61. The SMILES string of the molecule is CCCCP(C)(C)=NCC. The average molecular weight is 161 g/mol. The van der Waals surface area contributed by atoms with Crippen molar-refractivity contribution in [3.05, 3.63) is 0 Å². The summed E-state index contributed by atoms with van der Waals surface area (Å²) in [5, 5.41) is 0. The van der Waals surface area contributed by atoms with E-state index < -0.39 is 7.05 Å². The summed E-state index contributed by atoms with van der Waals surface area (Å²) in [6, 6.07) is 0. The minimum absolute atomic E-state index is 0.834. The molecule has 0 aliphatic carbocycles. The summed E-state index contributed by atoms with van der Waals surface area (Å²) >= 11 is 0. The van der Waals surface area contributed by atoms with Gasteiger partial charge in [0, 0.05) is 6.54 Å². The average Bonchev–Trinajstić information content (AvgIpc) is 1.84. The Hall–Kier alpha value is 0.230. The van der Waals surface area contributed by atoms with Gasteiger partial charge < -0.3 is 4.74 Å². The third kappa shape index (κ3) is 5.05. The van der Waals surface area contributed by atoms with Crippen molar-refractivity contribution in [2.24, 2.45) is 4.74 Å². The highest BCUT2D eigenvalue weighted by atomic mass is 31.2. The highest BCUT2D eigenvalue weighted by Gasteiger charge is 2.01. The third-order valence-electron chi connectivity index (χ3n) is 1.58. The lowest BCUT2D eigenvalue weighted by Gasteiger charge is -2.12. The van der Waals surface area contributed by atoms with Crippen LogP contribution in [0, 0.1) is 0 Å². The van der Waals surface area contributed by atoms with Gasteiger partial charge in [0.25, 0.3) is 0 Å². The van der Waals surface area contributed by atoms with Crippen LogP contribution in [0.1, 0.15) is 26.7 Å². The van der Waals surface area contributed by atoms with E-state index >= 15 is 0 Å². The van der Waals surface area contributed by atoms with Crippen molar-refractivity contribution in [3.8, 4) is 0 Å². The van der Waals surface area contributed by atoms with Crippen LogP contribution in [0.5, 0.6) is 0 Å². The molecule has 0 aliphatic heterocycles. The van der Waals surface area contributed by atoms with Crippen LogP contribution in [-0.2, 0) is 0 Å². The zero-order valence-corrected chi connectivity index (χ0v) is 8.62. The molecule has 0 radical (unpaired) electrons. The van der Waals surface area contributed by atoms with Crippen LogP contribution in [0.2, 0.25) is 0 Å². The first-order valence-corrected chi connectivity index (χ1v) is 6.96. The number of rotatable bonds is 4. The van der Waals surface area contributed by atoms with Crippen LogP contribution in [0.25, 0.3) is 0 Å². The Morgan fingerprint density at radius 3 is 2.20 bits per heavy atom. The fourth-order valence-electron chi connectivity index (χ4n) is 0.999. The Bertz CT molecular complexity index is 123. The molecule has 0 saturated heterocycles. The van der Waals surface area contributed by atoms with Crippen molar-refractivity contribution >= 4 is 7.05 Å². The molecular weight excluding hydrogens is 141 g/mol. The largest absolute Gasteiger partial charge is 0.304 e. The number of hydrogen-bond acceptors (Lipinski definition) is 1. The van der Waals surface area contributed by atoms with E-state index in [0.717, 1.165) is 6.54 Å². The monoisotopic (exact) mass is 161 g/mol. The van der Waals surface area contributed by atoms with Crippen LogP contribution < -0.4 is 0 Å². The molecule has 0 N–H and O–H groups in total. The van der Waals surface area contributed by atoms with E-state index in [-0.39, 0.29) is 0 Å². The predicted molar refractivity (Wildman–Crippen MR) is 51.5 cm³/mol. The topological polar surface area (TPSA) is 12.4 Å². The lowest BCUT2D eigenvalue weighted by atomic mass is 10.4. The molecule has 1 nitrogen and oxygen atoms in total. The first-order chi connectivity index (χ1) is 4.62.